The average Bonchev–Trinajstić information content (AvgIpc) is 3.57. The van der Waals surface area contributed by atoms with E-state index >= 15 is 0 Å². The molecule has 0 N–H and O–H groups in total. The van der Waals surface area contributed by atoms with E-state index in [-0.39, 0.29) is 17.6 Å². The van der Waals surface area contributed by atoms with Crippen molar-refractivity contribution in [3.05, 3.63) is 11.6 Å². The molecule has 3 saturated carbocycles. The molecule has 5 rings (SSSR count). The molecule has 0 spiro atoms. The zero-order chi connectivity index (χ0) is 24.8. The Hall–Kier alpha value is -1.03. The van der Waals surface area contributed by atoms with E-state index in [1.165, 1.54) is 51.4 Å². The summed E-state index contributed by atoms with van der Waals surface area (Å²) in [7, 11) is 0. The topological polar surface area (TPSA) is 48.1 Å². The van der Waals surface area contributed by atoms with Crippen molar-refractivity contribution in [3.8, 4) is 0 Å². The zero-order valence-electron chi connectivity index (χ0n) is 23.0. The van der Waals surface area contributed by atoms with Gasteiger partial charge in [-0.05, 0) is 91.3 Å². The molecule has 1 aliphatic heterocycles. The van der Waals surface area contributed by atoms with E-state index in [0.717, 1.165) is 54.8 Å². The summed E-state index contributed by atoms with van der Waals surface area (Å²) < 4.78 is 16.1. The van der Waals surface area contributed by atoms with Gasteiger partial charge in [0.2, 0.25) is 0 Å². The van der Waals surface area contributed by atoms with Gasteiger partial charge in [-0.1, -0.05) is 65.5 Å². The van der Waals surface area contributed by atoms with Crippen molar-refractivity contribution in [2.24, 2.45) is 46.3 Å². The number of allylic oxidation sites excluding steroid dienone is 1. The fourth-order valence-corrected chi connectivity index (χ4v) is 9.25. The maximum Gasteiger partial charge on any atom is 0.508 e. The summed E-state index contributed by atoms with van der Waals surface area (Å²) in [5.41, 5.74) is 2.39. The molecule has 198 valence electrons. The van der Waals surface area contributed by atoms with Gasteiger partial charge in [-0.2, -0.15) is 0 Å². The highest BCUT2D eigenvalue weighted by molar-refractivity contribution is 5.60. The van der Waals surface area contributed by atoms with Crippen molar-refractivity contribution in [2.45, 2.75) is 117 Å². The predicted octanol–water partition coefficient (Wildman–Crippen LogP) is 7.95. The van der Waals surface area contributed by atoms with Crippen LogP contribution in [-0.4, -0.2) is 31.6 Å². The van der Waals surface area contributed by atoms with E-state index in [0.29, 0.717) is 18.6 Å². The van der Waals surface area contributed by atoms with Crippen molar-refractivity contribution in [2.75, 3.05) is 13.2 Å². The van der Waals surface area contributed by atoms with E-state index in [1.54, 1.807) is 5.57 Å². The van der Waals surface area contributed by atoms with E-state index in [9.17, 15) is 4.79 Å². The lowest BCUT2D eigenvalue weighted by Crippen LogP contribution is -2.51. The summed E-state index contributed by atoms with van der Waals surface area (Å²) in [6, 6.07) is 0. The Morgan fingerprint density at radius 2 is 1.89 bits per heavy atom. The SMILES string of the molecule is CC(C)CCC[C@@H](C)[C@H]1CCC2C3CC=C4CC(OC(=O)OCC5CO5)CC[C@]4(C)C3CC[C@@]21C. The van der Waals surface area contributed by atoms with E-state index in [1.807, 2.05) is 0 Å². The molecule has 5 aliphatic rings. The van der Waals surface area contributed by atoms with E-state index in [2.05, 4.69) is 40.7 Å². The number of epoxide rings is 1. The van der Waals surface area contributed by atoms with Gasteiger partial charge in [-0.3, -0.25) is 0 Å². The molecule has 4 heteroatoms. The minimum atomic E-state index is -0.517. The Morgan fingerprint density at radius 1 is 1.09 bits per heavy atom. The van der Waals surface area contributed by atoms with Crippen LogP contribution in [0.5, 0.6) is 0 Å². The van der Waals surface area contributed by atoms with Crippen molar-refractivity contribution in [1.82, 2.24) is 0 Å². The summed E-state index contributed by atoms with van der Waals surface area (Å²) in [4.78, 5) is 12.1. The van der Waals surface area contributed by atoms with Crippen LogP contribution < -0.4 is 0 Å². The number of hydrogen-bond donors (Lipinski definition) is 0. The highest BCUT2D eigenvalue weighted by Gasteiger charge is 2.59. The Morgan fingerprint density at radius 3 is 2.63 bits per heavy atom. The standard InChI is InChI=1S/C31H50O4/c1-20(2)7-6-8-21(3)26-11-12-27-25-10-9-22-17-23(35-29(32)34-19-24-18-33-24)13-15-30(22,4)28(25)14-16-31(26,27)5/h9,20-21,23-28H,6-8,10-19H2,1-5H3/t21-,23?,24?,25?,26-,27?,28?,30+,31-/m1/s1. The maximum atomic E-state index is 12.1. The van der Waals surface area contributed by atoms with Crippen LogP contribution in [0, 0.1) is 46.3 Å². The second-order valence-electron chi connectivity index (χ2n) is 13.8. The van der Waals surface area contributed by atoms with Gasteiger partial charge in [0.1, 0.15) is 18.8 Å². The molecule has 35 heavy (non-hydrogen) atoms. The molecule has 1 heterocycles. The van der Waals surface area contributed by atoms with Gasteiger partial charge in [-0.25, -0.2) is 4.79 Å². The third-order valence-corrected chi connectivity index (χ3v) is 11.3. The third-order valence-electron chi connectivity index (χ3n) is 11.3. The van der Waals surface area contributed by atoms with Crippen LogP contribution in [0.4, 0.5) is 4.79 Å². The van der Waals surface area contributed by atoms with Crippen molar-refractivity contribution >= 4 is 6.16 Å². The van der Waals surface area contributed by atoms with Crippen LogP contribution in [0.15, 0.2) is 11.6 Å². The molecule has 9 atom stereocenters. The molecule has 4 nitrogen and oxygen atoms in total. The van der Waals surface area contributed by atoms with Gasteiger partial charge < -0.3 is 14.2 Å². The Bertz CT molecular complexity index is 800. The molecule has 0 bridgehead atoms. The first kappa shape index (κ1) is 25.6. The van der Waals surface area contributed by atoms with Gasteiger partial charge in [0.15, 0.2) is 0 Å². The quantitative estimate of drug-likeness (QED) is 0.198. The molecule has 0 aromatic carbocycles. The van der Waals surface area contributed by atoms with Crippen LogP contribution >= 0.6 is 0 Å². The van der Waals surface area contributed by atoms with Crippen LogP contribution in [-0.2, 0) is 14.2 Å². The largest absolute Gasteiger partial charge is 0.508 e. The molecule has 5 unspecified atom stereocenters. The van der Waals surface area contributed by atoms with Gasteiger partial charge in [0, 0.05) is 6.42 Å². The lowest BCUT2D eigenvalue weighted by Gasteiger charge is -2.58. The molecule has 4 fully saturated rings. The van der Waals surface area contributed by atoms with E-state index in [4.69, 9.17) is 14.2 Å². The molecule has 0 amide bonds. The van der Waals surface area contributed by atoms with Gasteiger partial charge in [0.05, 0.1) is 6.61 Å². The molecule has 0 radical (unpaired) electrons. The summed E-state index contributed by atoms with van der Waals surface area (Å²) in [6.07, 6.45) is 16.2. The summed E-state index contributed by atoms with van der Waals surface area (Å²) in [5, 5.41) is 0. The Labute approximate surface area is 213 Å². The van der Waals surface area contributed by atoms with Gasteiger partial charge in [-0.15, -0.1) is 0 Å². The molecular formula is C31H50O4. The number of fused-ring (bicyclic) bond motifs is 5. The number of carbonyl (C=O) groups is 1. The number of hydrogen-bond acceptors (Lipinski definition) is 4. The van der Waals surface area contributed by atoms with Crippen molar-refractivity contribution in [3.63, 3.8) is 0 Å². The zero-order valence-corrected chi connectivity index (χ0v) is 23.0. The fraction of sp³-hybridized carbons (Fsp3) is 0.903. The highest BCUT2D eigenvalue weighted by atomic mass is 16.7. The highest BCUT2D eigenvalue weighted by Crippen LogP contribution is 2.67. The van der Waals surface area contributed by atoms with Gasteiger partial charge in [0.25, 0.3) is 0 Å². The van der Waals surface area contributed by atoms with Crippen molar-refractivity contribution < 1.29 is 19.0 Å². The normalized spacial score (nSPS) is 43.0. The van der Waals surface area contributed by atoms with Crippen LogP contribution in [0.2, 0.25) is 0 Å². The monoisotopic (exact) mass is 486 g/mol. The minimum Gasteiger partial charge on any atom is -0.431 e. The van der Waals surface area contributed by atoms with Crippen LogP contribution in [0.1, 0.15) is 105 Å². The minimum absolute atomic E-state index is 0.0325. The second-order valence-corrected chi connectivity index (χ2v) is 13.8. The Kier molecular flexibility index (Phi) is 7.34. The summed E-state index contributed by atoms with van der Waals surface area (Å²) in [6.45, 7) is 13.5. The first-order valence-corrected chi connectivity index (χ1v) is 14.8. The third kappa shape index (κ3) is 5.07. The molecule has 0 aromatic heterocycles. The Balaban J connectivity index is 1.21. The summed E-state index contributed by atoms with van der Waals surface area (Å²) in [5.74, 6) is 5.14. The average molecular weight is 487 g/mol. The van der Waals surface area contributed by atoms with Gasteiger partial charge >= 0.3 is 6.16 Å². The molecule has 0 aromatic rings. The second kappa shape index (κ2) is 10.0. The lowest BCUT2D eigenvalue weighted by atomic mass is 9.47. The van der Waals surface area contributed by atoms with Crippen LogP contribution in [0.3, 0.4) is 0 Å². The number of carbonyl (C=O) groups excluding carboxylic acids is 1. The summed E-state index contributed by atoms with van der Waals surface area (Å²) >= 11 is 0. The fourth-order valence-electron chi connectivity index (χ4n) is 9.25. The van der Waals surface area contributed by atoms with Crippen molar-refractivity contribution in [1.29, 1.82) is 0 Å². The lowest BCUT2D eigenvalue weighted by molar-refractivity contribution is -0.0618. The first-order valence-electron chi connectivity index (χ1n) is 14.8. The molecule has 1 saturated heterocycles. The smallest absolute Gasteiger partial charge is 0.431 e. The first-order chi connectivity index (χ1) is 16.7. The molecular weight excluding hydrogens is 436 g/mol. The van der Waals surface area contributed by atoms with E-state index < -0.39 is 6.16 Å². The number of ether oxygens (including phenoxy) is 3. The molecule has 4 aliphatic carbocycles. The predicted molar refractivity (Wildman–Crippen MR) is 139 cm³/mol. The number of rotatable bonds is 8. The van der Waals surface area contributed by atoms with Crippen LogP contribution in [0.25, 0.3) is 0 Å². The maximum absolute atomic E-state index is 12.1.